The molecule has 7 N–H and O–H groups in total. The van der Waals surface area contributed by atoms with Gasteiger partial charge in [0.15, 0.2) is 6.29 Å². The van der Waals surface area contributed by atoms with Crippen molar-refractivity contribution >= 4 is 16.3 Å². The topological polar surface area (TPSA) is 212 Å². The molecule has 0 aromatic heterocycles. The van der Waals surface area contributed by atoms with Crippen molar-refractivity contribution in [1.29, 1.82) is 0 Å². The summed E-state index contributed by atoms with van der Waals surface area (Å²) in [4.78, 5) is 13.0. The third-order valence-corrected chi connectivity index (χ3v) is 10.1. The molecular weight excluding hydrogens is 719 g/mol. The molecule has 1 aliphatic heterocycles. The standard InChI is InChI=1S/C40H73NO12S/c1-3-5-7-9-11-13-14-15-16-17-18-19-21-23-25-27-29-34(44)39(47)41-32(33(43)28-26-24-22-20-12-10-8-6-4-2)31-51-40-37(46)38(53-54(48,49)50)36(45)35(30-42)52-40/h4,6,12,20,26,28,32-38,40,42-46H,3,5,7-11,13-19,21-25,27,29-31H2,1-2H3,(H,41,47)(H,48,49,50)/b6-4+,20-12+,28-26+. The average molecular weight is 792 g/mol. The van der Waals surface area contributed by atoms with Crippen LogP contribution in [0.4, 0.5) is 0 Å². The lowest BCUT2D eigenvalue weighted by molar-refractivity contribution is -0.298. The van der Waals surface area contributed by atoms with Crippen LogP contribution >= 0.6 is 0 Å². The zero-order valence-corrected chi connectivity index (χ0v) is 33.7. The van der Waals surface area contributed by atoms with Gasteiger partial charge in [0.1, 0.15) is 30.5 Å². The predicted octanol–water partition coefficient (Wildman–Crippen LogP) is 5.74. The van der Waals surface area contributed by atoms with Crippen molar-refractivity contribution in [2.75, 3.05) is 13.2 Å². The fourth-order valence-electron chi connectivity index (χ4n) is 6.32. The second kappa shape index (κ2) is 31.4. The number of carbonyl (C=O) groups is 1. The van der Waals surface area contributed by atoms with Crippen molar-refractivity contribution in [2.24, 2.45) is 0 Å². The van der Waals surface area contributed by atoms with E-state index in [-0.39, 0.29) is 6.42 Å². The lowest BCUT2D eigenvalue weighted by Gasteiger charge is -2.41. The van der Waals surface area contributed by atoms with E-state index in [4.69, 9.17) is 14.0 Å². The number of carbonyl (C=O) groups excluding carboxylic acids is 1. The number of allylic oxidation sites excluding steroid dienone is 5. The Bertz CT molecular complexity index is 1130. The molecule has 0 spiro atoms. The molecule has 1 aliphatic rings. The summed E-state index contributed by atoms with van der Waals surface area (Å²) in [5, 5.41) is 54.8. The van der Waals surface area contributed by atoms with Crippen LogP contribution in [0, 0.1) is 0 Å². The maximum atomic E-state index is 13.0. The van der Waals surface area contributed by atoms with Crippen LogP contribution in [0.2, 0.25) is 0 Å². The van der Waals surface area contributed by atoms with Gasteiger partial charge in [-0.1, -0.05) is 146 Å². The normalized spacial score (nSPS) is 22.7. The molecule has 0 aliphatic carbocycles. The summed E-state index contributed by atoms with van der Waals surface area (Å²) in [7, 11) is -5.12. The average Bonchev–Trinajstić information content (AvgIpc) is 3.14. The number of hydrogen-bond donors (Lipinski definition) is 7. The van der Waals surface area contributed by atoms with Gasteiger partial charge in [0.2, 0.25) is 5.91 Å². The summed E-state index contributed by atoms with van der Waals surface area (Å²) >= 11 is 0. The maximum Gasteiger partial charge on any atom is 0.397 e. The Kier molecular flexibility index (Phi) is 29.2. The molecule has 54 heavy (non-hydrogen) atoms. The molecule has 0 bridgehead atoms. The first-order chi connectivity index (χ1) is 25.9. The van der Waals surface area contributed by atoms with Gasteiger partial charge in [0, 0.05) is 0 Å². The Morgan fingerprint density at radius 3 is 1.78 bits per heavy atom. The molecule has 0 aromatic rings. The molecular formula is C40H73NO12S. The van der Waals surface area contributed by atoms with Crippen molar-refractivity contribution in [1.82, 2.24) is 5.32 Å². The van der Waals surface area contributed by atoms with E-state index in [2.05, 4.69) is 28.6 Å². The molecule has 13 nitrogen and oxygen atoms in total. The highest BCUT2D eigenvalue weighted by atomic mass is 32.3. The van der Waals surface area contributed by atoms with E-state index < -0.39 is 78.5 Å². The minimum atomic E-state index is -5.12. The first kappa shape index (κ1) is 50.3. The third-order valence-electron chi connectivity index (χ3n) is 9.60. The zero-order valence-electron chi connectivity index (χ0n) is 32.9. The highest BCUT2D eigenvalue weighted by Gasteiger charge is 2.48. The van der Waals surface area contributed by atoms with Crippen molar-refractivity contribution in [3.05, 3.63) is 36.5 Å². The van der Waals surface area contributed by atoms with E-state index in [9.17, 15) is 38.7 Å². The number of unbranched alkanes of at least 4 members (excludes halogenated alkanes) is 17. The van der Waals surface area contributed by atoms with Crippen molar-refractivity contribution < 1.29 is 57.0 Å². The molecule has 14 heteroatoms. The minimum Gasteiger partial charge on any atom is -0.394 e. The fraction of sp³-hybridized carbons (Fsp3) is 0.825. The van der Waals surface area contributed by atoms with Gasteiger partial charge in [-0.15, -0.1) is 0 Å². The monoisotopic (exact) mass is 791 g/mol. The Morgan fingerprint density at radius 1 is 0.778 bits per heavy atom. The van der Waals surface area contributed by atoms with Crippen LogP contribution in [-0.2, 0) is 28.9 Å². The first-order valence-electron chi connectivity index (χ1n) is 20.4. The van der Waals surface area contributed by atoms with E-state index in [1.165, 1.54) is 83.1 Å². The largest absolute Gasteiger partial charge is 0.397 e. The van der Waals surface area contributed by atoms with E-state index in [0.29, 0.717) is 12.8 Å². The van der Waals surface area contributed by atoms with E-state index in [1.54, 1.807) is 6.08 Å². The van der Waals surface area contributed by atoms with Crippen molar-refractivity contribution in [2.45, 2.75) is 198 Å². The van der Waals surface area contributed by atoms with Gasteiger partial charge in [-0.3, -0.25) is 9.35 Å². The van der Waals surface area contributed by atoms with Gasteiger partial charge in [-0.25, -0.2) is 4.18 Å². The molecule has 1 fully saturated rings. The molecule has 0 radical (unpaired) electrons. The summed E-state index contributed by atoms with van der Waals surface area (Å²) in [5.74, 6) is -0.720. The number of aliphatic hydroxyl groups excluding tert-OH is 5. The first-order valence-corrected chi connectivity index (χ1v) is 21.8. The Morgan fingerprint density at radius 2 is 1.28 bits per heavy atom. The summed E-state index contributed by atoms with van der Waals surface area (Å²) in [6.45, 7) is 2.93. The number of ether oxygens (including phenoxy) is 2. The van der Waals surface area contributed by atoms with E-state index in [1.807, 2.05) is 19.1 Å². The molecule has 8 unspecified atom stereocenters. The SMILES string of the molecule is C/C=C/CC/C=C/CC/C=C/C(O)C(COC1OC(CO)C(O)C(OS(=O)(=O)O)C1O)NC(=O)C(O)CCCCCCCCCCCCCCCCCC. The van der Waals surface area contributed by atoms with Crippen LogP contribution < -0.4 is 5.32 Å². The van der Waals surface area contributed by atoms with Crippen LogP contribution in [0.25, 0.3) is 0 Å². The zero-order chi connectivity index (χ0) is 40.0. The van der Waals surface area contributed by atoms with E-state index >= 15 is 0 Å². The van der Waals surface area contributed by atoms with Crippen molar-refractivity contribution in [3.8, 4) is 0 Å². The van der Waals surface area contributed by atoms with Crippen LogP contribution in [-0.4, -0.2) is 107 Å². The van der Waals surface area contributed by atoms with Gasteiger partial charge in [-0.05, 0) is 39.0 Å². The number of rotatable bonds is 33. The van der Waals surface area contributed by atoms with Gasteiger partial charge >= 0.3 is 10.4 Å². The summed E-state index contributed by atoms with van der Waals surface area (Å²) in [6, 6.07) is -1.14. The molecule has 1 rings (SSSR count). The number of nitrogens with one attached hydrogen (secondary N) is 1. The molecule has 1 heterocycles. The van der Waals surface area contributed by atoms with Gasteiger partial charge in [-0.2, -0.15) is 8.42 Å². The second-order valence-electron chi connectivity index (χ2n) is 14.4. The van der Waals surface area contributed by atoms with Crippen LogP contribution in [0.1, 0.15) is 149 Å². The molecule has 1 saturated heterocycles. The van der Waals surface area contributed by atoms with Crippen molar-refractivity contribution in [3.63, 3.8) is 0 Å². The van der Waals surface area contributed by atoms with Gasteiger partial charge in [0.05, 0.1) is 25.4 Å². The Hall–Kier alpha value is -1.72. The molecule has 316 valence electrons. The highest BCUT2D eigenvalue weighted by molar-refractivity contribution is 7.80. The third kappa shape index (κ3) is 24.0. The number of aliphatic hydroxyl groups is 5. The molecule has 0 saturated carbocycles. The maximum absolute atomic E-state index is 13.0. The smallest absolute Gasteiger partial charge is 0.394 e. The number of amides is 1. The predicted molar refractivity (Wildman–Crippen MR) is 210 cm³/mol. The van der Waals surface area contributed by atoms with E-state index in [0.717, 1.165) is 38.5 Å². The Labute approximate surface area is 325 Å². The van der Waals surface area contributed by atoms with Gasteiger partial charge < -0.3 is 40.3 Å². The Balaban J connectivity index is 2.61. The molecule has 8 atom stereocenters. The van der Waals surface area contributed by atoms with Crippen LogP contribution in [0.5, 0.6) is 0 Å². The lowest BCUT2D eigenvalue weighted by atomic mass is 9.99. The number of hydrogen-bond acceptors (Lipinski definition) is 11. The second-order valence-corrected chi connectivity index (χ2v) is 15.4. The van der Waals surface area contributed by atoms with Gasteiger partial charge in [0.25, 0.3) is 0 Å². The summed E-state index contributed by atoms with van der Waals surface area (Å²) < 4.78 is 47.2. The summed E-state index contributed by atoms with van der Waals surface area (Å²) in [5.41, 5.74) is 0. The molecule has 0 aromatic carbocycles. The lowest BCUT2D eigenvalue weighted by Crippen LogP contribution is -2.61. The summed E-state index contributed by atoms with van der Waals surface area (Å²) in [6.07, 6.45) is 22.8. The van der Waals surface area contributed by atoms with Crippen LogP contribution in [0.15, 0.2) is 36.5 Å². The molecule has 1 amide bonds. The van der Waals surface area contributed by atoms with Crippen LogP contribution in [0.3, 0.4) is 0 Å². The highest BCUT2D eigenvalue weighted by Crippen LogP contribution is 2.26. The quantitative estimate of drug-likeness (QED) is 0.0241. The fourth-order valence-corrected chi connectivity index (χ4v) is 6.83. The minimum absolute atomic E-state index is 0.235.